The molecule has 2 aromatic carbocycles. The van der Waals surface area contributed by atoms with E-state index in [1.165, 1.54) is 0 Å². The van der Waals surface area contributed by atoms with Gasteiger partial charge in [0, 0.05) is 6.54 Å². The second kappa shape index (κ2) is 12.6. The Balaban J connectivity index is 1.52. The number of ether oxygens (including phenoxy) is 2. The van der Waals surface area contributed by atoms with Crippen LogP contribution in [-0.4, -0.2) is 43.9 Å². The Bertz CT molecular complexity index is 1500. The number of nitrogens with one attached hydrogen (secondary N) is 2. The molecule has 2 amide bonds. The number of hydrogen-bond donors (Lipinski definition) is 2. The van der Waals surface area contributed by atoms with Gasteiger partial charge in [0.05, 0.1) is 6.07 Å². The van der Waals surface area contributed by atoms with Crippen LogP contribution in [0.15, 0.2) is 65.5 Å². The van der Waals surface area contributed by atoms with Crippen molar-refractivity contribution in [3.8, 4) is 11.8 Å². The fourth-order valence-corrected chi connectivity index (χ4v) is 5.89. The quantitative estimate of drug-likeness (QED) is 0.379. The lowest BCUT2D eigenvalue weighted by molar-refractivity contribution is 0.0935. The maximum Gasteiger partial charge on any atom is 0.408 e. The predicted octanol–water partition coefficient (Wildman–Crippen LogP) is 2.82. The van der Waals surface area contributed by atoms with Crippen molar-refractivity contribution in [1.82, 2.24) is 20.2 Å². The maximum atomic E-state index is 14.0. The van der Waals surface area contributed by atoms with Gasteiger partial charge in [0.2, 0.25) is 22.0 Å². The number of nitrogens with zero attached hydrogens (tertiary/aromatic N) is 3. The van der Waals surface area contributed by atoms with Crippen molar-refractivity contribution in [3.63, 3.8) is 0 Å². The summed E-state index contributed by atoms with van der Waals surface area (Å²) in [6.45, 7) is 0.578. The van der Waals surface area contributed by atoms with Crippen LogP contribution in [0, 0.1) is 17.2 Å². The number of carbonyl (C=O) groups excluding carboxylic acids is 2. The first kappa shape index (κ1) is 28.4. The monoisotopic (exact) mass is 569 g/mol. The summed E-state index contributed by atoms with van der Waals surface area (Å²) >= 11 is 0.708. The molecule has 1 saturated carbocycles. The number of alkyl carbamates (subject to hydrolysis) is 1. The summed E-state index contributed by atoms with van der Waals surface area (Å²) in [7, 11) is 0. The van der Waals surface area contributed by atoms with E-state index in [1.54, 1.807) is 4.57 Å². The van der Waals surface area contributed by atoms with Crippen LogP contribution in [0.25, 0.3) is 0 Å². The molecule has 1 fully saturated rings. The Morgan fingerprint density at radius 2 is 1.71 bits per heavy atom. The molecule has 210 valence electrons. The zero-order valence-electron chi connectivity index (χ0n) is 23.0. The van der Waals surface area contributed by atoms with Gasteiger partial charge in [0.25, 0.3) is 11.5 Å². The summed E-state index contributed by atoms with van der Waals surface area (Å²) in [6, 6.07) is 20.1. The van der Waals surface area contributed by atoms with E-state index >= 15 is 0 Å². The van der Waals surface area contributed by atoms with Crippen LogP contribution in [-0.2, 0) is 30.0 Å². The molecular formula is C30H32AlN5O5. The first-order valence-electron chi connectivity index (χ1n) is 13.9. The van der Waals surface area contributed by atoms with Gasteiger partial charge in [-0.25, -0.2) is 9.78 Å². The molecule has 0 spiro atoms. The number of rotatable bonds is 9. The third-order valence-corrected chi connectivity index (χ3v) is 8.64. The lowest BCUT2D eigenvalue weighted by atomic mass is 9.77. The molecular weight excluding hydrogens is 537 g/mol. The Morgan fingerprint density at radius 1 is 1.07 bits per heavy atom. The van der Waals surface area contributed by atoms with Gasteiger partial charge < -0.3 is 20.1 Å². The third-order valence-electron chi connectivity index (χ3n) is 7.82. The minimum atomic E-state index is -0.987. The summed E-state index contributed by atoms with van der Waals surface area (Å²) in [6.07, 6.45) is 2.04. The van der Waals surface area contributed by atoms with E-state index in [0.717, 1.165) is 24.0 Å². The summed E-state index contributed by atoms with van der Waals surface area (Å²) in [5.74, 6) is -0.281. The van der Waals surface area contributed by atoms with Gasteiger partial charge in [-0.05, 0) is 42.7 Å². The van der Waals surface area contributed by atoms with Crippen molar-refractivity contribution in [3.05, 3.63) is 93.7 Å². The first-order valence-corrected chi connectivity index (χ1v) is 15.3. The van der Waals surface area contributed by atoms with E-state index in [1.807, 2.05) is 60.7 Å². The highest BCUT2D eigenvalue weighted by molar-refractivity contribution is 6.09. The molecule has 10 nitrogen and oxygen atoms in total. The predicted molar refractivity (Wildman–Crippen MR) is 153 cm³/mol. The first-order chi connectivity index (χ1) is 19.9. The number of benzene rings is 2. The molecule has 0 radical (unpaired) electrons. The number of amides is 2. The Morgan fingerprint density at radius 3 is 2.32 bits per heavy atom. The van der Waals surface area contributed by atoms with Crippen LogP contribution < -0.4 is 20.9 Å². The molecule has 1 unspecified atom stereocenters. The van der Waals surface area contributed by atoms with E-state index in [0.29, 0.717) is 46.8 Å². The van der Waals surface area contributed by atoms with Crippen LogP contribution >= 0.6 is 0 Å². The van der Waals surface area contributed by atoms with E-state index in [9.17, 15) is 19.6 Å². The molecule has 11 heteroatoms. The molecule has 0 saturated heterocycles. The molecule has 6 rings (SSSR count). The van der Waals surface area contributed by atoms with E-state index in [4.69, 9.17) is 14.5 Å². The zero-order valence-corrected chi connectivity index (χ0v) is 25.0. The van der Waals surface area contributed by atoms with Gasteiger partial charge in [-0.2, -0.15) is 5.26 Å². The van der Waals surface area contributed by atoms with Gasteiger partial charge in [0.15, 0.2) is 5.69 Å². The van der Waals surface area contributed by atoms with Crippen molar-refractivity contribution >= 4 is 28.3 Å². The average Bonchev–Trinajstić information content (AvgIpc) is 3.25. The highest BCUT2D eigenvalue weighted by Gasteiger charge is 2.46. The second-order valence-corrected chi connectivity index (χ2v) is 11.4. The maximum absolute atomic E-state index is 14.0. The van der Waals surface area contributed by atoms with Crippen LogP contribution in [0.1, 0.15) is 53.1 Å². The Kier molecular flexibility index (Phi) is 8.73. The standard InChI is InChI=1S/C30H30N5O5.Al.2H/c1-20(16-31)32-26(36)24-25(39-18-22-8-4-2-5-9-22)27(37)35-17-21-12-14-30(15-13-21,28(35)33-24)34-29(38)40-19-23-10-6-3-7-11-23;;;/h2-11,20-21H,1,12-15,17-19H2,(H,32,36)(H,34,38);;;. The fraction of sp³-hybridized carbons (Fsp3) is 0.367. The summed E-state index contributed by atoms with van der Waals surface area (Å²) in [5.41, 5.74) is 0.0284. The van der Waals surface area contributed by atoms with Gasteiger partial charge in [-0.3, -0.25) is 14.2 Å². The van der Waals surface area contributed by atoms with Crippen LogP contribution in [0.3, 0.4) is 0 Å². The lowest BCUT2D eigenvalue weighted by Gasteiger charge is -2.36. The molecule has 1 aliphatic carbocycles. The molecule has 2 N–H and O–H groups in total. The number of nitriles is 1. The van der Waals surface area contributed by atoms with Crippen molar-refractivity contribution < 1.29 is 19.1 Å². The molecule has 3 heterocycles. The lowest BCUT2D eigenvalue weighted by Crippen LogP contribution is -2.50. The van der Waals surface area contributed by atoms with Gasteiger partial charge in [0.1, 0.15) is 30.6 Å². The largest absolute Gasteiger partial charge is 0.481 e. The number of carbonyl (C=O) groups is 2. The SMILES string of the molecule is N#CC([CH2][AlH2])NC(=O)c1nc2n(c(=O)c1OCc1ccccc1)CC1CCC2(NC(=O)OCc2ccccc2)CC1. The van der Waals surface area contributed by atoms with E-state index in [-0.39, 0.29) is 30.6 Å². The van der Waals surface area contributed by atoms with Crippen molar-refractivity contribution in [2.24, 2.45) is 5.92 Å². The van der Waals surface area contributed by atoms with Crippen molar-refractivity contribution in [2.45, 2.75) is 62.3 Å². The highest BCUT2D eigenvalue weighted by atomic mass is 27.0. The molecule has 2 aliphatic heterocycles. The van der Waals surface area contributed by atoms with Gasteiger partial charge in [-0.1, -0.05) is 65.9 Å². The zero-order chi connectivity index (χ0) is 28.8. The highest BCUT2D eigenvalue weighted by Crippen LogP contribution is 2.43. The van der Waals surface area contributed by atoms with Crippen LogP contribution in [0.2, 0.25) is 5.28 Å². The fourth-order valence-electron chi connectivity index (χ4n) is 5.51. The van der Waals surface area contributed by atoms with Gasteiger partial charge >= 0.3 is 6.09 Å². The summed E-state index contributed by atoms with van der Waals surface area (Å²) in [5, 5.41) is 15.7. The molecule has 3 aliphatic rings. The topological polar surface area (TPSA) is 135 Å². The third kappa shape index (κ3) is 6.30. The van der Waals surface area contributed by atoms with Crippen LogP contribution in [0.5, 0.6) is 5.75 Å². The number of fused-ring (bicyclic) bond motifs is 2. The second-order valence-electron chi connectivity index (χ2n) is 10.6. The number of hydrogen-bond acceptors (Lipinski definition) is 7. The minimum Gasteiger partial charge on any atom is -0.481 e. The Hall–Kier alpha value is -4.12. The molecule has 41 heavy (non-hydrogen) atoms. The van der Waals surface area contributed by atoms with Crippen molar-refractivity contribution in [1.29, 1.82) is 5.26 Å². The molecule has 1 aromatic heterocycles. The van der Waals surface area contributed by atoms with Gasteiger partial charge in [-0.15, -0.1) is 0 Å². The Labute approximate surface area is 246 Å². The molecule has 1 atom stereocenters. The van der Waals surface area contributed by atoms with Crippen molar-refractivity contribution in [2.75, 3.05) is 0 Å². The number of aromatic nitrogens is 2. The molecule has 2 bridgehead atoms. The average molecular weight is 570 g/mol. The summed E-state index contributed by atoms with van der Waals surface area (Å²) in [4.78, 5) is 45.3. The normalized spacial score (nSPS) is 19.6. The van der Waals surface area contributed by atoms with E-state index in [2.05, 4.69) is 16.7 Å². The minimum absolute atomic E-state index is 0.0678. The van der Waals surface area contributed by atoms with Crippen LogP contribution in [0.4, 0.5) is 4.79 Å². The molecule has 3 aromatic rings. The smallest absolute Gasteiger partial charge is 0.408 e. The van der Waals surface area contributed by atoms with E-state index < -0.39 is 29.1 Å². The summed E-state index contributed by atoms with van der Waals surface area (Å²) < 4.78 is 13.1.